The smallest absolute Gasteiger partial charge is 0.244 e. The number of benzene rings is 1. The predicted octanol–water partition coefficient (Wildman–Crippen LogP) is 2.98. The molecule has 0 aromatic heterocycles. The van der Waals surface area contributed by atoms with Gasteiger partial charge in [-0.05, 0) is 18.8 Å². The van der Waals surface area contributed by atoms with Gasteiger partial charge in [0.1, 0.15) is 5.41 Å². The maximum Gasteiger partial charge on any atom is 0.244 e. The Kier molecular flexibility index (Phi) is 3.23. The Morgan fingerprint density at radius 1 is 1.37 bits per heavy atom. The van der Waals surface area contributed by atoms with Gasteiger partial charge in [-0.2, -0.15) is 5.26 Å². The average Bonchev–Trinajstić information content (AvgIpc) is 2.31. The van der Waals surface area contributed by atoms with Crippen molar-refractivity contribution in [2.24, 2.45) is 11.3 Å². The fourth-order valence-electron chi connectivity index (χ4n) is 2.34. The number of halogens is 3. The minimum absolute atomic E-state index is 0.199. The molecule has 1 aromatic rings. The number of amides is 1. The lowest BCUT2D eigenvalue weighted by Crippen LogP contribution is -2.45. The van der Waals surface area contributed by atoms with Crippen molar-refractivity contribution in [3.05, 3.63) is 29.6 Å². The van der Waals surface area contributed by atoms with Gasteiger partial charge in [-0.1, -0.05) is 6.92 Å². The number of hydrogen-bond acceptors (Lipinski definition) is 2. The van der Waals surface area contributed by atoms with Gasteiger partial charge >= 0.3 is 0 Å². The molecule has 0 saturated heterocycles. The molecule has 0 spiro atoms. The first-order valence-electron chi connectivity index (χ1n) is 5.75. The third-order valence-corrected chi connectivity index (χ3v) is 3.28. The molecule has 1 saturated carbocycles. The molecule has 1 aliphatic rings. The summed E-state index contributed by atoms with van der Waals surface area (Å²) >= 11 is 0. The van der Waals surface area contributed by atoms with Gasteiger partial charge in [-0.3, -0.25) is 4.79 Å². The van der Waals surface area contributed by atoms with Crippen molar-refractivity contribution in [3.63, 3.8) is 0 Å². The molecule has 0 unspecified atom stereocenters. The van der Waals surface area contributed by atoms with Gasteiger partial charge in [-0.15, -0.1) is 0 Å². The highest BCUT2D eigenvalue weighted by atomic mass is 19.2. The summed E-state index contributed by atoms with van der Waals surface area (Å²) in [6.07, 6.45) is 0.809. The molecule has 1 aromatic carbocycles. The van der Waals surface area contributed by atoms with Gasteiger partial charge in [0, 0.05) is 17.8 Å². The number of rotatable bonds is 2. The standard InChI is InChI=1S/C13H11F3N2O/c1-7-4-13(5-7,6-17)12(19)18-8-2-9(14)11(16)10(15)3-8/h2-3,7H,4-5H2,1H3,(H,18,19). The summed E-state index contributed by atoms with van der Waals surface area (Å²) in [5, 5.41) is 11.3. The van der Waals surface area contributed by atoms with E-state index in [2.05, 4.69) is 5.32 Å². The number of carbonyl (C=O) groups excluding carboxylic acids is 1. The largest absolute Gasteiger partial charge is 0.324 e. The Bertz CT molecular complexity index is 551. The van der Waals surface area contributed by atoms with E-state index in [4.69, 9.17) is 5.26 Å². The van der Waals surface area contributed by atoms with E-state index in [1.165, 1.54) is 0 Å². The zero-order valence-electron chi connectivity index (χ0n) is 10.1. The van der Waals surface area contributed by atoms with Crippen LogP contribution >= 0.6 is 0 Å². The first kappa shape index (κ1) is 13.4. The van der Waals surface area contributed by atoms with Crippen LogP contribution in [0.5, 0.6) is 0 Å². The van der Waals surface area contributed by atoms with Crippen LogP contribution in [-0.2, 0) is 4.79 Å². The first-order chi connectivity index (χ1) is 8.88. The second-order valence-corrected chi connectivity index (χ2v) is 4.92. The minimum Gasteiger partial charge on any atom is -0.324 e. The van der Waals surface area contributed by atoms with E-state index >= 15 is 0 Å². The van der Waals surface area contributed by atoms with Crippen LogP contribution in [0.25, 0.3) is 0 Å². The summed E-state index contributed by atoms with van der Waals surface area (Å²) < 4.78 is 38.8. The molecule has 1 aliphatic carbocycles. The summed E-state index contributed by atoms with van der Waals surface area (Å²) in [5.41, 5.74) is -1.35. The van der Waals surface area contributed by atoms with Gasteiger partial charge in [0.15, 0.2) is 17.5 Å². The summed E-state index contributed by atoms with van der Waals surface area (Å²) in [6, 6.07) is 3.30. The van der Waals surface area contributed by atoms with E-state index in [-0.39, 0.29) is 11.6 Å². The highest BCUT2D eigenvalue weighted by Crippen LogP contribution is 2.45. The Balaban J connectivity index is 2.18. The van der Waals surface area contributed by atoms with Crippen LogP contribution in [0.15, 0.2) is 12.1 Å². The van der Waals surface area contributed by atoms with Crippen LogP contribution in [0.1, 0.15) is 19.8 Å². The van der Waals surface area contributed by atoms with E-state index in [0.717, 1.165) is 0 Å². The van der Waals surface area contributed by atoms with E-state index in [1.54, 1.807) is 0 Å². The molecule has 0 radical (unpaired) electrons. The van der Waals surface area contributed by atoms with Crippen molar-refractivity contribution in [2.45, 2.75) is 19.8 Å². The van der Waals surface area contributed by atoms with Gasteiger partial charge in [0.2, 0.25) is 5.91 Å². The molecule has 0 atom stereocenters. The minimum atomic E-state index is -1.59. The van der Waals surface area contributed by atoms with Crippen LogP contribution in [0, 0.1) is 40.1 Å². The summed E-state index contributed by atoms with van der Waals surface area (Å²) in [5.74, 6) is -4.72. The molecule has 19 heavy (non-hydrogen) atoms. The van der Waals surface area contributed by atoms with Gasteiger partial charge < -0.3 is 5.32 Å². The highest BCUT2D eigenvalue weighted by Gasteiger charge is 2.49. The van der Waals surface area contributed by atoms with E-state index in [9.17, 15) is 18.0 Å². The van der Waals surface area contributed by atoms with Crippen molar-refractivity contribution in [2.75, 3.05) is 5.32 Å². The molecule has 0 bridgehead atoms. The maximum atomic E-state index is 13.0. The molecule has 0 heterocycles. The summed E-state index contributed by atoms with van der Waals surface area (Å²) in [6.45, 7) is 1.90. The van der Waals surface area contributed by atoms with Crippen LogP contribution < -0.4 is 5.32 Å². The van der Waals surface area contributed by atoms with Gasteiger partial charge in [-0.25, -0.2) is 13.2 Å². The molecule has 2 rings (SSSR count). The summed E-state index contributed by atoms with van der Waals surface area (Å²) in [7, 11) is 0. The second kappa shape index (κ2) is 4.57. The van der Waals surface area contributed by atoms with Crippen molar-refractivity contribution in [1.82, 2.24) is 0 Å². The molecule has 6 heteroatoms. The molecule has 100 valence electrons. The molecular weight excluding hydrogens is 257 g/mol. The van der Waals surface area contributed by atoms with Crippen molar-refractivity contribution in [1.29, 1.82) is 5.26 Å². The Labute approximate surface area is 108 Å². The van der Waals surface area contributed by atoms with Crippen LogP contribution in [0.2, 0.25) is 0 Å². The molecule has 1 N–H and O–H groups in total. The highest BCUT2D eigenvalue weighted by molar-refractivity contribution is 5.97. The topological polar surface area (TPSA) is 52.9 Å². The number of nitrogens with one attached hydrogen (secondary N) is 1. The summed E-state index contributed by atoms with van der Waals surface area (Å²) in [4.78, 5) is 11.9. The fourth-order valence-corrected chi connectivity index (χ4v) is 2.34. The van der Waals surface area contributed by atoms with Gasteiger partial charge in [0.05, 0.1) is 6.07 Å². The third kappa shape index (κ3) is 2.28. The number of nitrogens with zero attached hydrogens (tertiary/aromatic N) is 1. The fraction of sp³-hybridized carbons (Fsp3) is 0.385. The number of carbonyl (C=O) groups is 1. The SMILES string of the molecule is CC1CC(C#N)(C(=O)Nc2cc(F)c(F)c(F)c2)C1. The van der Waals surface area contributed by atoms with Crippen LogP contribution in [0.4, 0.5) is 18.9 Å². The Morgan fingerprint density at radius 3 is 2.32 bits per heavy atom. The lowest BCUT2D eigenvalue weighted by atomic mass is 9.63. The van der Waals surface area contributed by atoms with Crippen LogP contribution in [0.3, 0.4) is 0 Å². The quantitative estimate of drug-likeness (QED) is 0.838. The zero-order chi connectivity index (χ0) is 14.2. The average molecular weight is 268 g/mol. The molecule has 0 aliphatic heterocycles. The first-order valence-corrected chi connectivity index (χ1v) is 5.75. The number of nitriles is 1. The molecular formula is C13H11F3N2O. The number of hydrogen-bond donors (Lipinski definition) is 1. The van der Waals surface area contributed by atoms with Crippen molar-refractivity contribution in [3.8, 4) is 6.07 Å². The predicted molar refractivity (Wildman–Crippen MR) is 61.4 cm³/mol. The lowest BCUT2D eigenvalue weighted by Gasteiger charge is -2.39. The number of anilines is 1. The van der Waals surface area contributed by atoms with Crippen LogP contribution in [-0.4, -0.2) is 5.91 Å². The zero-order valence-corrected chi connectivity index (χ0v) is 10.1. The third-order valence-electron chi connectivity index (χ3n) is 3.28. The molecule has 1 amide bonds. The monoisotopic (exact) mass is 268 g/mol. The van der Waals surface area contributed by atoms with Crippen molar-refractivity contribution < 1.29 is 18.0 Å². The normalized spacial score (nSPS) is 25.3. The van der Waals surface area contributed by atoms with E-state index in [1.807, 2.05) is 13.0 Å². The maximum absolute atomic E-state index is 13.0. The van der Waals surface area contributed by atoms with Crippen molar-refractivity contribution >= 4 is 11.6 Å². The molecule has 3 nitrogen and oxygen atoms in total. The van der Waals surface area contributed by atoms with E-state index < -0.39 is 28.8 Å². The molecule has 1 fully saturated rings. The Hall–Kier alpha value is -2.03. The van der Waals surface area contributed by atoms with Gasteiger partial charge in [0.25, 0.3) is 0 Å². The Morgan fingerprint density at radius 2 is 1.89 bits per heavy atom. The lowest BCUT2D eigenvalue weighted by molar-refractivity contribution is -0.128. The van der Waals surface area contributed by atoms with E-state index in [0.29, 0.717) is 25.0 Å². The second-order valence-electron chi connectivity index (χ2n) is 4.92.